The second kappa shape index (κ2) is 10.1. The second-order valence-corrected chi connectivity index (χ2v) is 9.01. The van der Waals surface area contributed by atoms with Crippen LogP contribution in [-0.2, 0) is 4.74 Å². The van der Waals surface area contributed by atoms with Gasteiger partial charge in [0.2, 0.25) is 5.88 Å². The molecular formula is C27H32N2O5. The third kappa shape index (κ3) is 5.30. The van der Waals surface area contributed by atoms with E-state index in [1.807, 2.05) is 59.7 Å². The zero-order chi connectivity index (χ0) is 25.0. The monoisotopic (exact) mass is 464 g/mol. The molecule has 0 aliphatic carbocycles. The lowest BCUT2D eigenvalue weighted by Crippen LogP contribution is -2.34. The SMILES string of the molecule is CCOc1nccc2c(C(=O)c3ccc(C(C)NC(=O)OC(C)(C)C)c(OC)c3C)cccc12. The van der Waals surface area contributed by atoms with Crippen LogP contribution in [0.5, 0.6) is 11.6 Å². The van der Waals surface area contributed by atoms with Crippen molar-refractivity contribution in [3.05, 3.63) is 64.8 Å². The van der Waals surface area contributed by atoms with Crippen LogP contribution in [0.15, 0.2) is 42.6 Å². The summed E-state index contributed by atoms with van der Waals surface area (Å²) in [7, 11) is 1.55. The number of ether oxygens (including phenoxy) is 3. The number of rotatable bonds is 7. The van der Waals surface area contributed by atoms with Gasteiger partial charge >= 0.3 is 6.09 Å². The van der Waals surface area contributed by atoms with Crippen molar-refractivity contribution in [3.8, 4) is 11.6 Å². The van der Waals surface area contributed by atoms with Crippen LogP contribution >= 0.6 is 0 Å². The van der Waals surface area contributed by atoms with E-state index in [9.17, 15) is 9.59 Å². The highest BCUT2D eigenvalue weighted by molar-refractivity contribution is 6.17. The number of benzene rings is 2. The fraction of sp³-hybridized carbons (Fsp3) is 0.370. The molecule has 34 heavy (non-hydrogen) atoms. The van der Waals surface area contributed by atoms with Crippen LogP contribution in [0.4, 0.5) is 4.79 Å². The van der Waals surface area contributed by atoms with E-state index in [1.54, 1.807) is 31.5 Å². The molecule has 0 aliphatic rings. The Kier molecular flexibility index (Phi) is 7.44. The minimum absolute atomic E-state index is 0.130. The number of carbonyl (C=O) groups excluding carboxylic acids is 2. The highest BCUT2D eigenvalue weighted by Gasteiger charge is 2.24. The van der Waals surface area contributed by atoms with Gasteiger partial charge in [0, 0.05) is 33.8 Å². The molecule has 180 valence electrons. The van der Waals surface area contributed by atoms with Crippen molar-refractivity contribution in [1.29, 1.82) is 0 Å². The Hall–Kier alpha value is -3.61. The highest BCUT2D eigenvalue weighted by atomic mass is 16.6. The Morgan fingerprint density at radius 3 is 2.44 bits per heavy atom. The van der Waals surface area contributed by atoms with Gasteiger partial charge in [0.05, 0.1) is 19.8 Å². The number of carbonyl (C=O) groups is 2. The van der Waals surface area contributed by atoms with E-state index < -0.39 is 11.7 Å². The molecule has 0 radical (unpaired) electrons. The van der Waals surface area contributed by atoms with E-state index in [0.29, 0.717) is 34.9 Å². The third-order valence-corrected chi connectivity index (χ3v) is 5.38. The van der Waals surface area contributed by atoms with Gasteiger partial charge in [0.25, 0.3) is 0 Å². The number of aromatic nitrogens is 1. The number of hydrogen-bond donors (Lipinski definition) is 1. The number of alkyl carbamates (subject to hydrolysis) is 1. The van der Waals surface area contributed by atoms with Gasteiger partial charge < -0.3 is 19.5 Å². The number of methoxy groups -OCH3 is 1. The molecule has 7 heteroatoms. The predicted molar refractivity (Wildman–Crippen MR) is 132 cm³/mol. The van der Waals surface area contributed by atoms with Gasteiger partial charge in [-0.05, 0) is 59.1 Å². The van der Waals surface area contributed by atoms with Crippen molar-refractivity contribution in [2.45, 2.75) is 53.2 Å². The fourth-order valence-electron chi connectivity index (χ4n) is 3.91. The lowest BCUT2D eigenvalue weighted by atomic mass is 9.92. The molecule has 1 aromatic heterocycles. The normalized spacial score (nSPS) is 12.2. The fourth-order valence-corrected chi connectivity index (χ4v) is 3.91. The molecule has 1 heterocycles. The standard InChI is InChI=1S/C27H32N2O5/c1-8-33-25-22-11-9-10-21(20(22)14-15-28-25)23(30)18-12-13-19(24(32-7)16(18)2)17(3)29-26(31)34-27(4,5)6/h9-15,17H,8H2,1-7H3,(H,29,31). The number of nitrogens with one attached hydrogen (secondary N) is 1. The van der Waals surface area contributed by atoms with Gasteiger partial charge in [0.1, 0.15) is 11.4 Å². The molecule has 1 N–H and O–H groups in total. The average Bonchev–Trinajstić information content (AvgIpc) is 2.77. The Morgan fingerprint density at radius 1 is 1.06 bits per heavy atom. The third-order valence-electron chi connectivity index (χ3n) is 5.38. The Bertz CT molecular complexity index is 1210. The predicted octanol–water partition coefficient (Wildman–Crippen LogP) is 5.77. The topological polar surface area (TPSA) is 86.8 Å². The number of nitrogens with zero attached hydrogens (tertiary/aromatic N) is 1. The van der Waals surface area contributed by atoms with Crippen LogP contribution in [0.2, 0.25) is 0 Å². The molecule has 0 saturated heterocycles. The first kappa shape index (κ1) is 25.0. The van der Waals surface area contributed by atoms with Gasteiger partial charge in [-0.15, -0.1) is 0 Å². The molecule has 0 aliphatic heterocycles. The molecule has 0 fully saturated rings. The quantitative estimate of drug-likeness (QED) is 0.447. The smallest absolute Gasteiger partial charge is 0.408 e. The van der Waals surface area contributed by atoms with Crippen LogP contribution in [0.3, 0.4) is 0 Å². The lowest BCUT2D eigenvalue weighted by molar-refractivity contribution is 0.0507. The summed E-state index contributed by atoms with van der Waals surface area (Å²) >= 11 is 0. The van der Waals surface area contributed by atoms with Crippen molar-refractivity contribution in [2.24, 2.45) is 0 Å². The van der Waals surface area contributed by atoms with Crippen LogP contribution in [-0.4, -0.2) is 36.2 Å². The molecule has 0 saturated carbocycles. The highest BCUT2D eigenvalue weighted by Crippen LogP contribution is 2.34. The summed E-state index contributed by atoms with van der Waals surface area (Å²) in [4.78, 5) is 30.2. The summed E-state index contributed by atoms with van der Waals surface area (Å²) in [6, 6.07) is 10.5. The van der Waals surface area contributed by atoms with E-state index in [2.05, 4.69) is 10.3 Å². The van der Waals surface area contributed by atoms with Gasteiger partial charge in [0.15, 0.2) is 5.78 Å². The number of amides is 1. The van der Waals surface area contributed by atoms with Crippen molar-refractivity contribution in [3.63, 3.8) is 0 Å². The molecule has 1 amide bonds. The molecule has 7 nitrogen and oxygen atoms in total. The molecule has 3 aromatic rings. The van der Waals surface area contributed by atoms with Crippen molar-refractivity contribution < 1.29 is 23.8 Å². The molecule has 2 aromatic carbocycles. The Balaban J connectivity index is 1.98. The molecule has 1 unspecified atom stereocenters. The molecular weight excluding hydrogens is 432 g/mol. The largest absolute Gasteiger partial charge is 0.496 e. The number of fused-ring (bicyclic) bond motifs is 1. The van der Waals surface area contributed by atoms with Crippen LogP contribution in [0.1, 0.15) is 67.7 Å². The number of ketones is 1. The Labute approximate surface area is 200 Å². The van der Waals surface area contributed by atoms with E-state index in [-0.39, 0.29) is 11.8 Å². The molecule has 0 spiro atoms. The first-order valence-electron chi connectivity index (χ1n) is 11.3. The summed E-state index contributed by atoms with van der Waals surface area (Å²) in [5.74, 6) is 0.919. The van der Waals surface area contributed by atoms with Crippen LogP contribution in [0.25, 0.3) is 10.8 Å². The molecule has 3 rings (SSSR count). The van der Waals surface area contributed by atoms with E-state index >= 15 is 0 Å². The lowest BCUT2D eigenvalue weighted by Gasteiger charge is -2.24. The van der Waals surface area contributed by atoms with E-state index in [4.69, 9.17) is 14.2 Å². The number of pyridine rings is 1. The summed E-state index contributed by atoms with van der Waals surface area (Å²) < 4.78 is 16.7. The molecule has 0 bridgehead atoms. The van der Waals surface area contributed by atoms with Crippen LogP contribution < -0.4 is 14.8 Å². The van der Waals surface area contributed by atoms with Gasteiger partial charge in [-0.2, -0.15) is 0 Å². The maximum absolute atomic E-state index is 13.6. The van der Waals surface area contributed by atoms with Crippen LogP contribution in [0, 0.1) is 6.92 Å². The Morgan fingerprint density at radius 2 is 1.79 bits per heavy atom. The first-order chi connectivity index (χ1) is 16.1. The minimum atomic E-state index is -0.601. The van der Waals surface area contributed by atoms with Gasteiger partial charge in [-0.3, -0.25) is 4.79 Å². The number of hydrogen-bond acceptors (Lipinski definition) is 6. The van der Waals surface area contributed by atoms with Crippen molar-refractivity contribution in [1.82, 2.24) is 10.3 Å². The van der Waals surface area contributed by atoms with Gasteiger partial charge in [-0.25, -0.2) is 9.78 Å². The summed E-state index contributed by atoms with van der Waals surface area (Å²) in [6.07, 6.45) is 1.12. The summed E-state index contributed by atoms with van der Waals surface area (Å²) in [5.41, 5.74) is 1.92. The van der Waals surface area contributed by atoms with Crippen molar-refractivity contribution in [2.75, 3.05) is 13.7 Å². The van der Waals surface area contributed by atoms with Gasteiger partial charge in [-0.1, -0.05) is 24.3 Å². The first-order valence-corrected chi connectivity index (χ1v) is 11.3. The van der Waals surface area contributed by atoms with Crippen molar-refractivity contribution >= 4 is 22.6 Å². The summed E-state index contributed by atoms with van der Waals surface area (Å²) in [5, 5.41) is 4.39. The zero-order valence-electron chi connectivity index (χ0n) is 20.8. The maximum atomic E-state index is 13.6. The van der Waals surface area contributed by atoms with E-state index in [0.717, 1.165) is 16.3 Å². The average molecular weight is 465 g/mol. The minimum Gasteiger partial charge on any atom is -0.496 e. The maximum Gasteiger partial charge on any atom is 0.408 e. The van der Waals surface area contributed by atoms with E-state index in [1.165, 1.54) is 0 Å². The zero-order valence-corrected chi connectivity index (χ0v) is 20.8. The summed E-state index contributed by atoms with van der Waals surface area (Å²) in [6.45, 7) is 11.5. The molecule has 1 atom stereocenters. The second-order valence-electron chi connectivity index (χ2n) is 9.01.